The molecule has 0 aliphatic heterocycles. The Morgan fingerprint density at radius 2 is 2.13 bits per heavy atom. The van der Waals surface area contributed by atoms with E-state index < -0.39 is 0 Å². The van der Waals surface area contributed by atoms with Gasteiger partial charge in [-0.3, -0.25) is 4.79 Å². The molecular weight excluding hydrogens is 314 g/mol. The van der Waals surface area contributed by atoms with Crippen LogP contribution in [0, 0.1) is 0 Å². The molecule has 7 nitrogen and oxygen atoms in total. The highest BCUT2D eigenvalue weighted by Gasteiger charge is 2.19. The van der Waals surface area contributed by atoms with Gasteiger partial charge in [0.15, 0.2) is 5.82 Å². The van der Waals surface area contributed by atoms with E-state index >= 15 is 0 Å². The third-order valence-corrected chi connectivity index (χ3v) is 4.06. The second-order valence-electron chi connectivity index (χ2n) is 5.20. The van der Waals surface area contributed by atoms with Crippen LogP contribution in [0.3, 0.4) is 0 Å². The van der Waals surface area contributed by atoms with Crippen LogP contribution in [-0.2, 0) is 0 Å². The number of anilines is 1. The summed E-state index contributed by atoms with van der Waals surface area (Å²) in [6, 6.07) is 7.31. The van der Waals surface area contributed by atoms with Crippen LogP contribution >= 0.6 is 11.3 Å². The smallest absolute Gasteiger partial charge is 0.286 e. The van der Waals surface area contributed by atoms with Crippen molar-refractivity contribution in [1.82, 2.24) is 19.8 Å². The van der Waals surface area contributed by atoms with Crippen LogP contribution in [0.5, 0.6) is 5.75 Å². The molecule has 2 aromatic heterocycles. The molecule has 3 aromatic rings. The van der Waals surface area contributed by atoms with Crippen LogP contribution in [0.2, 0.25) is 0 Å². The Bertz CT molecular complexity index is 839. The molecule has 0 saturated carbocycles. The van der Waals surface area contributed by atoms with E-state index in [0.29, 0.717) is 28.0 Å². The summed E-state index contributed by atoms with van der Waals surface area (Å²) < 4.78 is 7.13. The van der Waals surface area contributed by atoms with E-state index in [2.05, 4.69) is 20.6 Å². The highest BCUT2D eigenvalue weighted by atomic mass is 32.1. The molecule has 0 atom stereocenters. The molecule has 1 N–H and O–H groups in total. The fourth-order valence-electron chi connectivity index (χ4n) is 2.11. The molecule has 0 aliphatic rings. The van der Waals surface area contributed by atoms with Gasteiger partial charge in [0.1, 0.15) is 5.75 Å². The van der Waals surface area contributed by atoms with Gasteiger partial charge in [0.2, 0.25) is 9.97 Å². The SMILES string of the molecule is CCOc1ccccc1NC(=O)c1nn2c(C(C)C)nnc2s1. The number of rotatable bonds is 5. The molecule has 0 fully saturated rings. The molecule has 3 rings (SSSR count). The van der Waals surface area contributed by atoms with Crippen LogP contribution < -0.4 is 10.1 Å². The number of amides is 1. The first-order valence-electron chi connectivity index (χ1n) is 7.35. The minimum absolute atomic E-state index is 0.182. The number of benzene rings is 1. The third kappa shape index (κ3) is 3.02. The van der Waals surface area contributed by atoms with Crippen molar-refractivity contribution in [3.63, 3.8) is 0 Å². The van der Waals surface area contributed by atoms with Gasteiger partial charge in [0.05, 0.1) is 12.3 Å². The highest BCUT2D eigenvalue weighted by molar-refractivity contribution is 7.18. The molecule has 23 heavy (non-hydrogen) atoms. The molecule has 0 aliphatic carbocycles. The van der Waals surface area contributed by atoms with Crippen LogP contribution in [0.1, 0.15) is 42.3 Å². The molecular formula is C15H17N5O2S. The standard InChI is InChI=1S/C15H17N5O2S/c1-4-22-11-8-6-5-7-10(11)16-13(21)14-19-20-12(9(2)3)17-18-15(20)23-14/h5-9H,4H2,1-3H3,(H,16,21). The lowest BCUT2D eigenvalue weighted by Crippen LogP contribution is -2.13. The van der Waals surface area contributed by atoms with Crippen LogP contribution in [-0.4, -0.2) is 32.3 Å². The zero-order valence-electron chi connectivity index (χ0n) is 13.1. The Kier molecular flexibility index (Phi) is 4.24. The second kappa shape index (κ2) is 6.33. The zero-order chi connectivity index (χ0) is 16.4. The fourth-order valence-corrected chi connectivity index (χ4v) is 2.85. The maximum Gasteiger partial charge on any atom is 0.286 e. The number of ether oxygens (including phenoxy) is 1. The average molecular weight is 331 g/mol. The first kappa shape index (κ1) is 15.4. The monoisotopic (exact) mass is 331 g/mol. The summed E-state index contributed by atoms with van der Waals surface area (Å²) in [5.74, 6) is 1.27. The Labute approximate surface area is 137 Å². The van der Waals surface area contributed by atoms with Crippen LogP contribution in [0.25, 0.3) is 4.96 Å². The highest BCUT2D eigenvalue weighted by Crippen LogP contribution is 2.25. The van der Waals surface area contributed by atoms with E-state index in [1.54, 1.807) is 10.6 Å². The molecule has 8 heteroatoms. The first-order valence-corrected chi connectivity index (χ1v) is 8.17. The minimum Gasteiger partial charge on any atom is -0.492 e. The lowest BCUT2D eigenvalue weighted by atomic mass is 10.2. The summed E-state index contributed by atoms with van der Waals surface area (Å²) in [7, 11) is 0. The number of para-hydroxylation sites is 2. The molecule has 0 unspecified atom stereocenters. The number of nitrogens with zero attached hydrogens (tertiary/aromatic N) is 4. The summed E-state index contributed by atoms with van der Waals surface area (Å²) in [5.41, 5.74) is 0.620. The molecule has 0 spiro atoms. The maximum absolute atomic E-state index is 12.4. The molecule has 2 heterocycles. The van der Waals surface area contributed by atoms with Crippen LogP contribution in [0.15, 0.2) is 24.3 Å². The van der Waals surface area contributed by atoms with Gasteiger partial charge in [-0.15, -0.1) is 15.3 Å². The van der Waals surface area contributed by atoms with Crippen LogP contribution in [0.4, 0.5) is 5.69 Å². The minimum atomic E-state index is -0.289. The zero-order valence-corrected chi connectivity index (χ0v) is 13.9. The van der Waals surface area contributed by atoms with Gasteiger partial charge < -0.3 is 10.1 Å². The maximum atomic E-state index is 12.4. The summed E-state index contributed by atoms with van der Waals surface area (Å²) in [5, 5.41) is 15.6. The normalized spacial score (nSPS) is 11.1. The Morgan fingerprint density at radius 1 is 1.35 bits per heavy atom. The van der Waals surface area contributed by atoms with Crippen molar-refractivity contribution in [2.24, 2.45) is 0 Å². The predicted molar refractivity (Wildman–Crippen MR) is 88.3 cm³/mol. The number of aromatic nitrogens is 4. The third-order valence-electron chi connectivity index (χ3n) is 3.16. The van der Waals surface area contributed by atoms with Crippen molar-refractivity contribution < 1.29 is 9.53 Å². The number of carbonyl (C=O) groups is 1. The van der Waals surface area contributed by atoms with Crippen molar-refractivity contribution in [2.75, 3.05) is 11.9 Å². The summed E-state index contributed by atoms with van der Waals surface area (Å²) in [6.07, 6.45) is 0. The van der Waals surface area contributed by atoms with Gasteiger partial charge in [0, 0.05) is 5.92 Å². The Hall–Kier alpha value is -2.48. The second-order valence-corrected chi connectivity index (χ2v) is 6.15. The van der Waals surface area contributed by atoms with Gasteiger partial charge in [-0.2, -0.15) is 4.52 Å². The number of hydrogen-bond acceptors (Lipinski definition) is 6. The van der Waals surface area contributed by atoms with Crippen molar-refractivity contribution in [2.45, 2.75) is 26.7 Å². The largest absolute Gasteiger partial charge is 0.492 e. The molecule has 0 saturated heterocycles. The van der Waals surface area contributed by atoms with Crippen molar-refractivity contribution in [3.05, 3.63) is 35.1 Å². The predicted octanol–water partition coefficient (Wildman–Crippen LogP) is 2.96. The van der Waals surface area contributed by atoms with E-state index in [1.165, 1.54) is 11.3 Å². The van der Waals surface area contributed by atoms with E-state index in [1.807, 2.05) is 39.0 Å². The molecule has 0 radical (unpaired) electrons. The van der Waals surface area contributed by atoms with Gasteiger partial charge in [-0.05, 0) is 19.1 Å². The summed E-state index contributed by atoms with van der Waals surface area (Å²) in [4.78, 5) is 13.0. The molecule has 0 bridgehead atoms. The van der Waals surface area contributed by atoms with E-state index in [9.17, 15) is 4.79 Å². The van der Waals surface area contributed by atoms with E-state index in [0.717, 1.165) is 5.82 Å². The van der Waals surface area contributed by atoms with Gasteiger partial charge in [-0.1, -0.05) is 37.3 Å². The summed E-state index contributed by atoms with van der Waals surface area (Å²) in [6.45, 7) is 6.44. The van der Waals surface area contributed by atoms with E-state index in [-0.39, 0.29) is 11.8 Å². The van der Waals surface area contributed by atoms with Crippen molar-refractivity contribution in [3.8, 4) is 5.75 Å². The molecule has 1 amide bonds. The first-order chi connectivity index (χ1) is 11.1. The van der Waals surface area contributed by atoms with Gasteiger partial charge in [0.25, 0.3) is 5.91 Å². The lowest BCUT2D eigenvalue weighted by Gasteiger charge is -2.09. The number of nitrogens with one attached hydrogen (secondary N) is 1. The lowest BCUT2D eigenvalue weighted by molar-refractivity contribution is 0.102. The number of fused-ring (bicyclic) bond motifs is 1. The Balaban J connectivity index is 1.86. The number of carbonyl (C=O) groups excluding carboxylic acids is 1. The van der Waals surface area contributed by atoms with E-state index in [4.69, 9.17) is 4.74 Å². The number of hydrogen-bond donors (Lipinski definition) is 1. The quantitative estimate of drug-likeness (QED) is 0.777. The molecule has 1 aromatic carbocycles. The molecule has 120 valence electrons. The topological polar surface area (TPSA) is 81.4 Å². The van der Waals surface area contributed by atoms with Crippen molar-refractivity contribution in [1.29, 1.82) is 0 Å². The summed E-state index contributed by atoms with van der Waals surface area (Å²) >= 11 is 1.21. The van der Waals surface area contributed by atoms with Crippen molar-refractivity contribution >= 4 is 27.9 Å². The van der Waals surface area contributed by atoms with Gasteiger partial charge in [-0.25, -0.2) is 0 Å². The Morgan fingerprint density at radius 3 is 2.87 bits per heavy atom. The fraction of sp³-hybridized carbons (Fsp3) is 0.333. The van der Waals surface area contributed by atoms with Gasteiger partial charge >= 0.3 is 0 Å². The average Bonchev–Trinajstić information content (AvgIpc) is 3.09.